The number of hydrogen-bond acceptors (Lipinski definition) is 3. The first-order chi connectivity index (χ1) is 37.8. The maximum atomic E-state index is 2.69. The fourth-order valence-electron chi connectivity index (χ4n) is 13.8. The molecule has 0 N–H and O–H groups in total. The van der Waals surface area contributed by atoms with Crippen molar-refractivity contribution in [3.8, 4) is 44.5 Å². The fraction of sp³-hybridized carbons (Fsp3) is 0.227. The maximum absolute atomic E-state index is 2.69. The Morgan fingerprint density at radius 1 is 0.443 bits per heavy atom. The largest absolute Gasteiger partial charge is 0.311 e. The van der Waals surface area contributed by atoms with Gasteiger partial charge in [0, 0.05) is 43.7 Å². The summed E-state index contributed by atoms with van der Waals surface area (Å²) in [4.78, 5) is 6.73. The van der Waals surface area contributed by atoms with E-state index in [1.165, 1.54) is 144 Å². The van der Waals surface area contributed by atoms with Crippen LogP contribution >= 0.6 is 11.3 Å². The van der Waals surface area contributed by atoms with Crippen LogP contribution in [0.15, 0.2) is 194 Å². The minimum absolute atomic E-state index is 0.00621. The van der Waals surface area contributed by atoms with E-state index in [9.17, 15) is 0 Å². The van der Waals surface area contributed by atoms with Gasteiger partial charge in [0.15, 0.2) is 0 Å². The molecule has 2 aliphatic heterocycles. The Bertz CT molecular complexity index is 4070. The third kappa shape index (κ3) is 7.36. The second-order valence-corrected chi connectivity index (χ2v) is 27.4. The van der Waals surface area contributed by atoms with Crippen LogP contribution in [0.25, 0.3) is 44.5 Å². The van der Waals surface area contributed by atoms with E-state index in [1.807, 2.05) is 0 Å². The highest BCUT2D eigenvalue weighted by Gasteiger charge is 2.57. The van der Waals surface area contributed by atoms with E-state index in [2.05, 4.69) is 298 Å². The zero-order valence-electron chi connectivity index (χ0n) is 47.9. The molecule has 0 radical (unpaired) electrons. The average Bonchev–Trinajstić information content (AvgIpc) is 1.98. The molecule has 14 rings (SSSR count). The number of aryl methyl sites for hydroxylation is 1. The van der Waals surface area contributed by atoms with Gasteiger partial charge in [-0.3, -0.25) is 0 Å². The predicted molar refractivity (Wildman–Crippen MR) is 340 cm³/mol. The lowest BCUT2D eigenvalue weighted by atomic mass is 9.36. The van der Waals surface area contributed by atoms with Crippen molar-refractivity contribution in [3.05, 3.63) is 244 Å². The second kappa shape index (κ2) is 17.4. The van der Waals surface area contributed by atoms with Crippen LogP contribution in [0, 0.1) is 6.92 Å². The number of thiophene rings is 1. The molecule has 9 aromatic carbocycles. The number of hydrogen-bond donors (Lipinski definition) is 0. The van der Waals surface area contributed by atoms with E-state index < -0.39 is 5.41 Å². The van der Waals surface area contributed by atoms with E-state index in [0.717, 1.165) is 0 Å². The molecule has 0 amide bonds. The van der Waals surface area contributed by atoms with Crippen LogP contribution in [0.1, 0.15) is 131 Å². The van der Waals surface area contributed by atoms with Gasteiger partial charge in [-0.2, -0.15) is 0 Å². The molecule has 79 heavy (non-hydrogen) atoms. The summed E-state index contributed by atoms with van der Waals surface area (Å²) in [5.41, 5.74) is 30.6. The van der Waals surface area contributed by atoms with Crippen molar-refractivity contribution < 1.29 is 0 Å². The second-order valence-electron chi connectivity index (χ2n) is 26.4. The lowest BCUT2D eigenvalue weighted by Crippen LogP contribution is -2.60. The topological polar surface area (TPSA) is 6.48 Å². The van der Waals surface area contributed by atoms with Crippen molar-refractivity contribution >= 4 is 67.9 Å². The monoisotopic (exact) mass is 1040 g/mol. The molecule has 4 heteroatoms. The minimum Gasteiger partial charge on any atom is -0.311 e. The van der Waals surface area contributed by atoms with E-state index in [4.69, 9.17) is 0 Å². The van der Waals surface area contributed by atoms with E-state index >= 15 is 0 Å². The molecule has 2 nitrogen and oxygen atoms in total. The van der Waals surface area contributed by atoms with E-state index in [0.29, 0.717) is 5.92 Å². The molecule has 2 aliphatic carbocycles. The Kier molecular flexibility index (Phi) is 10.9. The summed E-state index contributed by atoms with van der Waals surface area (Å²) in [6.07, 6.45) is 0. The van der Waals surface area contributed by atoms with Gasteiger partial charge < -0.3 is 9.80 Å². The standard InChI is InChI=1S/C75H69BN2S/c1-45(2)47-26-33-53(34-27-47)77-64-42-49(59-43-51(73(7,8)9)31-37-55(59)48-20-14-13-15-21-48)28-39-63(64)76-68-65(77)40-46(3)41-66(68)78(54-35-29-50(30-36-54)72(4,5)6)69-67-58-38-32-52(74(10,11)12)44-62(58)75(70(67)79-71(69)76)60-24-18-16-22-56(60)57-23-17-19-25-61(57)75/h13-45H,1-12H3. The highest BCUT2D eigenvalue weighted by atomic mass is 32.1. The molecule has 1 aromatic heterocycles. The predicted octanol–water partition coefficient (Wildman–Crippen LogP) is 18.8. The third-order valence-electron chi connectivity index (χ3n) is 18.0. The van der Waals surface area contributed by atoms with Crippen molar-refractivity contribution in [3.63, 3.8) is 0 Å². The van der Waals surface area contributed by atoms with Crippen LogP contribution in [-0.2, 0) is 21.7 Å². The van der Waals surface area contributed by atoms with Crippen molar-refractivity contribution in [2.24, 2.45) is 0 Å². The molecule has 0 bridgehead atoms. The molecule has 4 aliphatic rings. The zero-order valence-corrected chi connectivity index (χ0v) is 48.7. The summed E-state index contributed by atoms with van der Waals surface area (Å²) < 4.78 is 1.40. The summed E-state index contributed by atoms with van der Waals surface area (Å²) >= 11 is 2.08. The van der Waals surface area contributed by atoms with Gasteiger partial charge in [-0.05, 0) is 166 Å². The van der Waals surface area contributed by atoms with Gasteiger partial charge in [0.2, 0.25) is 0 Å². The average molecular weight is 1040 g/mol. The third-order valence-corrected chi connectivity index (χ3v) is 19.3. The Morgan fingerprint density at radius 3 is 1.61 bits per heavy atom. The molecule has 10 aromatic rings. The van der Waals surface area contributed by atoms with Crippen molar-refractivity contribution in [1.29, 1.82) is 0 Å². The first kappa shape index (κ1) is 49.6. The van der Waals surface area contributed by atoms with Crippen LogP contribution in [-0.4, -0.2) is 6.71 Å². The molecular formula is C75H69BN2S. The zero-order chi connectivity index (χ0) is 54.7. The van der Waals surface area contributed by atoms with Gasteiger partial charge in [0.25, 0.3) is 6.71 Å². The van der Waals surface area contributed by atoms with E-state index in [1.54, 1.807) is 0 Å². The Balaban J connectivity index is 1.11. The smallest absolute Gasteiger partial charge is 0.264 e. The van der Waals surface area contributed by atoms with Gasteiger partial charge in [-0.1, -0.05) is 228 Å². The fourth-order valence-corrected chi connectivity index (χ4v) is 15.5. The number of benzene rings is 9. The molecule has 0 saturated carbocycles. The van der Waals surface area contributed by atoms with Crippen LogP contribution in [0.2, 0.25) is 0 Å². The number of anilines is 6. The van der Waals surface area contributed by atoms with Crippen LogP contribution in [0.3, 0.4) is 0 Å². The molecular weight excluding hydrogens is 972 g/mol. The summed E-state index contributed by atoms with van der Waals surface area (Å²) in [6.45, 7) is 27.9. The SMILES string of the molecule is Cc1cc2c3c(c1)N(c1ccc(C(C)(C)C)cc1)c1c(sc4c1-c1ccc(C(C)(C)C)cc1C41c4ccccc4-c4ccccc41)B3c1ccc(-c3cc(C(C)(C)C)ccc3-c3ccccc3)cc1N2c1ccc(C(C)C)cc1. The van der Waals surface area contributed by atoms with Gasteiger partial charge >= 0.3 is 0 Å². The number of rotatable bonds is 5. The molecule has 0 unspecified atom stereocenters. The van der Waals surface area contributed by atoms with Crippen molar-refractivity contribution in [2.45, 2.75) is 111 Å². The molecule has 3 heterocycles. The van der Waals surface area contributed by atoms with Crippen LogP contribution < -0.4 is 25.5 Å². The number of nitrogens with zero attached hydrogens (tertiary/aromatic N) is 2. The van der Waals surface area contributed by atoms with Crippen LogP contribution in [0.4, 0.5) is 34.1 Å². The van der Waals surface area contributed by atoms with Gasteiger partial charge in [0.1, 0.15) is 0 Å². The quantitative estimate of drug-likeness (QED) is 0.159. The van der Waals surface area contributed by atoms with Crippen molar-refractivity contribution in [2.75, 3.05) is 9.80 Å². The highest BCUT2D eigenvalue weighted by Crippen LogP contribution is 2.67. The summed E-state index contributed by atoms with van der Waals surface area (Å²) in [5.74, 6) is 0.418. The highest BCUT2D eigenvalue weighted by molar-refractivity contribution is 7.30. The van der Waals surface area contributed by atoms with Crippen molar-refractivity contribution in [1.82, 2.24) is 0 Å². The van der Waals surface area contributed by atoms with Gasteiger partial charge in [0.05, 0.1) is 11.1 Å². The maximum Gasteiger partial charge on any atom is 0.264 e. The van der Waals surface area contributed by atoms with Gasteiger partial charge in [-0.25, -0.2) is 0 Å². The molecule has 0 fully saturated rings. The molecule has 1 spiro atoms. The lowest BCUT2D eigenvalue weighted by Gasteiger charge is -2.44. The summed E-state index contributed by atoms with van der Waals surface area (Å²) in [6, 6.07) is 75.8. The summed E-state index contributed by atoms with van der Waals surface area (Å²) in [7, 11) is 0. The molecule has 0 atom stereocenters. The molecule has 0 saturated heterocycles. The number of fused-ring (bicyclic) bond motifs is 15. The molecule has 388 valence electrons. The Morgan fingerprint density at radius 2 is 0.987 bits per heavy atom. The van der Waals surface area contributed by atoms with E-state index in [-0.39, 0.29) is 23.0 Å². The van der Waals surface area contributed by atoms with Gasteiger partial charge in [-0.15, -0.1) is 11.3 Å². The lowest BCUT2D eigenvalue weighted by molar-refractivity contribution is 0.588. The normalized spacial score (nSPS) is 14.5. The van der Waals surface area contributed by atoms with Crippen LogP contribution in [0.5, 0.6) is 0 Å². The Labute approximate surface area is 473 Å². The first-order valence-corrected chi connectivity index (χ1v) is 29.5. The minimum atomic E-state index is -0.509. The summed E-state index contributed by atoms with van der Waals surface area (Å²) in [5, 5.41) is 0. The first-order valence-electron chi connectivity index (χ1n) is 28.6. The Hall–Kier alpha value is -7.66.